The van der Waals surface area contributed by atoms with Crippen LogP contribution in [-0.4, -0.2) is 41.9 Å². The van der Waals surface area contributed by atoms with Gasteiger partial charge >= 0.3 is 0 Å². The summed E-state index contributed by atoms with van der Waals surface area (Å²) < 4.78 is 55.7. The lowest BCUT2D eigenvalue weighted by atomic mass is 10.1. The second-order valence-electron chi connectivity index (χ2n) is 9.41. The fraction of sp³-hybridized carbons (Fsp3) is 0.464. The van der Waals surface area contributed by atoms with E-state index in [0.29, 0.717) is 25.8 Å². The quantitative estimate of drug-likeness (QED) is 0.195. The molecule has 0 bridgehead atoms. The minimum Gasteiger partial charge on any atom is -0.356 e. The fourth-order valence-electron chi connectivity index (χ4n) is 3.76. The monoisotopic (exact) mass is 563 g/mol. The molecule has 8 nitrogen and oxygen atoms in total. The molecule has 0 heterocycles. The number of aryl methyl sites for hydroxylation is 2. The number of nitrogens with one attached hydrogen (secondary N) is 3. The van der Waals surface area contributed by atoms with Crippen LogP contribution in [0.3, 0.4) is 0 Å². The molecule has 0 spiro atoms. The summed E-state index contributed by atoms with van der Waals surface area (Å²) in [5.74, 6) is -0.244. The van der Waals surface area contributed by atoms with Gasteiger partial charge in [0.2, 0.25) is 26.0 Å². The number of carbonyl (C=O) groups is 1. The maximum atomic E-state index is 12.9. The van der Waals surface area contributed by atoms with Crippen LogP contribution < -0.4 is 14.8 Å². The predicted molar refractivity (Wildman–Crippen MR) is 152 cm³/mol. The van der Waals surface area contributed by atoms with E-state index in [9.17, 15) is 21.6 Å². The molecule has 0 fully saturated rings. The number of amides is 1. The van der Waals surface area contributed by atoms with Crippen LogP contribution in [0.4, 0.5) is 0 Å². The summed E-state index contributed by atoms with van der Waals surface area (Å²) in [7, 11) is -7.32. The third kappa shape index (κ3) is 11.5. The van der Waals surface area contributed by atoms with Crippen molar-refractivity contribution in [2.45, 2.75) is 81.5 Å². The molecule has 0 unspecified atom stereocenters. The summed E-state index contributed by atoms with van der Waals surface area (Å²) in [5.41, 5.74) is 1.95. The maximum Gasteiger partial charge on any atom is 0.240 e. The van der Waals surface area contributed by atoms with E-state index >= 15 is 0 Å². The number of sulfonamides is 2. The zero-order chi connectivity index (χ0) is 28.0. The maximum absolute atomic E-state index is 12.9. The van der Waals surface area contributed by atoms with Gasteiger partial charge in [0.05, 0.1) is 9.79 Å². The zero-order valence-corrected chi connectivity index (χ0v) is 24.2. The topological polar surface area (TPSA) is 121 Å². The fourth-order valence-corrected chi connectivity index (χ4v) is 6.10. The number of hydrogen-bond donors (Lipinski definition) is 3. The zero-order valence-electron chi connectivity index (χ0n) is 22.6. The molecular weight excluding hydrogens is 522 g/mol. The first-order chi connectivity index (χ1) is 18.0. The van der Waals surface area contributed by atoms with Gasteiger partial charge in [0.15, 0.2) is 0 Å². The van der Waals surface area contributed by atoms with Gasteiger partial charge in [0, 0.05) is 25.6 Å². The summed E-state index contributed by atoms with van der Waals surface area (Å²) in [4.78, 5) is 13.0. The molecule has 1 amide bonds. The summed E-state index contributed by atoms with van der Waals surface area (Å²) in [5, 5.41) is 2.83. The number of benzene rings is 2. The third-order valence-corrected chi connectivity index (χ3v) is 8.97. The Morgan fingerprint density at radius 2 is 1.34 bits per heavy atom. The minimum absolute atomic E-state index is 0.0304. The highest BCUT2D eigenvalue weighted by Gasteiger charge is 2.22. The average molecular weight is 564 g/mol. The van der Waals surface area contributed by atoms with E-state index < -0.39 is 26.1 Å². The van der Waals surface area contributed by atoms with E-state index in [1.165, 1.54) is 0 Å². The Morgan fingerprint density at radius 3 is 1.92 bits per heavy atom. The summed E-state index contributed by atoms with van der Waals surface area (Å²) in [6.07, 6.45) is 8.36. The lowest BCUT2D eigenvalue weighted by Crippen LogP contribution is -2.39. The average Bonchev–Trinajstić information content (AvgIpc) is 2.86. The molecule has 2 aromatic carbocycles. The van der Waals surface area contributed by atoms with E-state index in [1.807, 2.05) is 13.8 Å². The van der Waals surface area contributed by atoms with E-state index in [2.05, 4.69) is 33.8 Å². The van der Waals surface area contributed by atoms with Crippen molar-refractivity contribution >= 4 is 26.0 Å². The number of rotatable bonds is 17. The Balaban J connectivity index is 1.82. The molecular formula is C28H41N3O5S2. The van der Waals surface area contributed by atoms with Gasteiger partial charge in [-0.25, -0.2) is 26.3 Å². The van der Waals surface area contributed by atoms with Gasteiger partial charge in [-0.05, 0) is 76.6 Å². The molecule has 0 aliphatic carbocycles. The molecule has 2 aromatic rings. The van der Waals surface area contributed by atoms with Gasteiger partial charge in [-0.3, -0.25) is 4.79 Å². The van der Waals surface area contributed by atoms with E-state index in [4.69, 9.17) is 0 Å². The summed E-state index contributed by atoms with van der Waals surface area (Å²) >= 11 is 0. The minimum atomic E-state index is -3.75. The van der Waals surface area contributed by atoms with Crippen molar-refractivity contribution in [3.63, 3.8) is 0 Å². The van der Waals surface area contributed by atoms with Crippen molar-refractivity contribution in [2.24, 2.45) is 0 Å². The molecule has 0 aliphatic rings. The Labute approximate surface area is 228 Å². The second kappa shape index (κ2) is 15.8. The van der Waals surface area contributed by atoms with Crippen molar-refractivity contribution < 1.29 is 21.6 Å². The first-order valence-corrected chi connectivity index (χ1v) is 16.1. The highest BCUT2D eigenvalue weighted by molar-refractivity contribution is 7.89. The molecule has 10 heteroatoms. The second-order valence-corrected chi connectivity index (χ2v) is 12.9. The van der Waals surface area contributed by atoms with Crippen molar-refractivity contribution in [1.29, 1.82) is 0 Å². The molecule has 0 saturated heterocycles. The normalized spacial score (nSPS) is 13.0. The van der Waals surface area contributed by atoms with Crippen LogP contribution in [0.2, 0.25) is 0 Å². The molecule has 0 aliphatic heterocycles. The Hall–Kier alpha value is -2.53. The van der Waals surface area contributed by atoms with Gasteiger partial charge in [0.25, 0.3) is 0 Å². The van der Waals surface area contributed by atoms with Crippen molar-refractivity contribution in [1.82, 2.24) is 14.8 Å². The van der Waals surface area contributed by atoms with Crippen LogP contribution in [0.1, 0.15) is 63.0 Å². The standard InChI is InChI=1S/C28H41N3O5S2/c1-4-5-6-7-8-11-25(31-38(35,36)27-18-14-24(3)15-19-27)22-28(32)29-20-9-10-21-30-37(33,34)26-16-12-23(2)13-17-26/h5-6,12-19,25,30-31H,4,7-11,20-22H2,1-3H3,(H,29,32)/b6-5-/t25-/m1/s1. The van der Waals surface area contributed by atoms with Gasteiger partial charge in [-0.1, -0.05) is 54.5 Å². The Bertz CT molecular complexity index is 1240. The lowest BCUT2D eigenvalue weighted by Gasteiger charge is -2.18. The Kier molecular flexibility index (Phi) is 13.2. The molecule has 0 saturated carbocycles. The van der Waals surface area contributed by atoms with Crippen LogP contribution in [0.15, 0.2) is 70.5 Å². The van der Waals surface area contributed by atoms with Crippen LogP contribution in [0.5, 0.6) is 0 Å². The van der Waals surface area contributed by atoms with Crippen molar-refractivity contribution in [3.8, 4) is 0 Å². The number of allylic oxidation sites excluding steroid dienone is 2. The van der Waals surface area contributed by atoms with Gasteiger partial charge < -0.3 is 5.32 Å². The van der Waals surface area contributed by atoms with Crippen LogP contribution in [0, 0.1) is 13.8 Å². The highest BCUT2D eigenvalue weighted by atomic mass is 32.2. The summed E-state index contributed by atoms with van der Waals surface area (Å²) in [6.45, 7) is 6.47. The van der Waals surface area contributed by atoms with Gasteiger partial charge in [-0.2, -0.15) is 0 Å². The van der Waals surface area contributed by atoms with E-state index in [0.717, 1.165) is 30.4 Å². The number of hydrogen-bond acceptors (Lipinski definition) is 5. The first-order valence-electron chi connectivity index (χ1n) is 13.1. The predicted octanol–water partition coefficient (Wildman–Crippen LogP) is 4.35. The third-order valence-electron chi connectivity index (χ3n) is 5.96. The van der Waals surface area contributed by atoms with Crippen LogP contribution in [0.25, 0.3) is 0 Å². The molecule has 2 rings (SSSR count). The van der Waals surface area contributed by atoms with E-state index in [-0.39, 0.29) is 28.7 Å². The van der Waals surface area contributed by atoms with Crippen LogP contribution >= 0.6 is 0 Å². The molecule has 210 valence electrons. The molecule has 0 aromatic heterocycles. The SMILES string of the molecule is CC/C=C\CCC[C@H](CC(=O)NCCCCNS(=O)(=O)c1ccc(C)cc1)NS(=O)(=O)c1ccc(C)cc1. The number of unbranched alkanes of at least 4 members (excludes halogenated alkanes) is 2. The largest absolute Gasteiger partial charge is 0.356 e. The van der Waals surface area contributed by atoms with Crippen LogP contribution in [-0.2, 0) is 24.8 Å². The smallest absolute Gasteiger partial charge is 0.240 e. The van der Waals surface area contributed by atoms with Gasteiger partial charge in [0.1, 0.15) is 0 Å². The molecule has 3 N–H and O–H groups in total. The molecule has 38 heavy (non-hydrogen) atoms. The van der Waals surface area contributed by atoms with Crippen molar-refractivity contribution in [3.05, 3.63) is 71.8 Å². The first kappa shape index (κ1) is 31.7. The Morgan fingerprint density at radius 1 is 0.789 bits per heavy atom. The van der Waals surface area contributed by atoms with Gasteiger partial charge in [-0.15, -0.1) is 0 Å². The molecule has 0 radical (unpaired) electrons. The number of carbonyl (C=O) groups excluding carboxylic acids is 1. The lowest BCUT2D eigenvalue weighted by molar-refractivity contribution is -0.121. The van der Waals surface area contributed by atoms with E-state index in [1.54, 1.807) is 48.5 Å². The highest BCUT2D eigenvalue weighted by Crippen LogP contribution is 2.14. The van der Waals surface area contributed by atoms with Crippen molar-refractivity contribution in [2.75, 3.05) is 13.1 Å². The molecule has 1 atom stereocenters. The summed E-state index contributed by atoms with van der Waals surface area (Å²) in [6, 6.07) is 12.7.